The number of nitrogens with zero attached hydrogens (tertiary/aromatic N) is 2. The largest absolute Gasteiger partial charge is 0.337 e. The number of anilines is 1. The predicted molar refractivity (Wildman–Crippen MR) is 125 cm³/mol. The second-order valence-electron chi connectivity index (χ2n) is 8.24. The second-order valence-corrected chi connectivity index (χ2v) is 9.09. The molecule has 0 aliphatic carbocycles. The monoisotopic (exact) mass is 433 g/mol. The van der Waals surface area contributed by atoms with Crippen molar-refractivity contribution in [1.82, 2.24) is 9.88 Å². The van der Waals surface area contributed by atoms with Crippen molar-refractivity contribution in [2.75, 3.05) is 18.4 Å². The number of hydrogen-bond donors (Lipinski definition) is 1. The summed E-state index contributed by atoms with van der Waals surface area (Å²) in [6.07, 6.45) is 1.33. The van der Waals surface area contributed by atoms with Gasteiger partial charge in [0.05, 0.1) is 0 Å². The number of rotatable bonds is 5. The highest BCUT2D eigenvalue weighted by Crippen LogP contribution is 2.27. The Morgan fingerprint density at radius 2 is 1.71 bits per heavy atom. The van der Waals surface area contributed by atoms with Gasteiger partial charge >= 0.3 is 0 Å². The molecule has 6 heteroatoms. The maximum absolute atomic E-state index is 12.9. The molecule has 0 radical (unpaired) electrons. The molecule has 3 aromatic rings. The van der Waals surface area contributed by atoms with Gasteiger partial charge in [0.1, 0.15) is 10.7 Å². The molecule has 5 nitrogen and oxygen atoms in total. The normalized spacial score (nSPS) is 14.6. The Hall–Kier alpha value is -2.99. The molecular weight excluding hydrogens is 406 g/mol. The molecule has 160 valence electrons. The summed E-state index contributed by atoms with van der Waals surface area (Å²) in [7, 11) is 0. The Morgan fingerprint density at radius 1 is 1.03 bits per heavy atom. The van der Waals surface area contributed by atoms with Gasteiger partial charge in [-0.05, 0) is 36.5 Å². The van der Waals surface area contributed by atoms with Crippen molar-refractivity contribution < 1.29 is 9.59 Å². The first-order valence-electron chi connectivity index (χ1n) is 10.7. The molecule has 1 aliphatic heterocycles. The van der Waals surface area contributed by atoms with Crippen LogP contribution in [0.2, 0.25) is 0 Å². The third-order valence-corrected chi connectivity index (χ3v) is 6.63. The van der Waals surface area contributed by atoms with Crippen molar-refractivity contribution in [3.05, 3.63) is 71.2 Å². The van der Waals surface area contributed by atoms with Gasteiger partial charge in [0.2, 0.25) is 5.91 Å². The van der Waals surface area contributed by atoms with E-state index < -0.39 is 0 Å². The van der Waals surface area contributed by atoms with Crippen molar-refractivity contribution >= 4 is 28.8 Å². The summed E-state index contributed by atoms with van der Waals surface area (Å²) in [6, 6.07) is 17.9. The minimum absolute atomic E-state index is 0.0269. The summed E-state index contributed by atoms with van der Waals surface area (Å²) in [5, 5.41) is 5.66. The van der Waals surface area contributed by atoms with Gasteiger partial charge in [-0.1, -0.05) is 56.3 Å². The van der Waals surface area contributed by atoms with E-state index in [1.807, 2.05) is 40.6 Å². The predicted octanol–water partition coefficient (Wildman–Crippen LogP) is 5.42. The summed E-state index contributed by atoms with van der Waals surface area (Å²) in [6.45, 7) is 5.48. The maximum Gasteiger partial charge on any atom is 0.273 e. The highest BCUT2D eigenvalue weighted by atomic mass is 32.1. The lowest BCUT2D eigenvalue weighted by atomic mass is 9.95. The van der Waals surface area contributed by atoms with E-state index in [1.165, 1.54) is 16.9 Å². The lowest BCUT2D eigenvalue weighted by Gasteiger charge is -2.30. The fourth-order valence-electron chi connectivity index (χ4n) is 3.79. The zero-order chi connectivity index (χ0) is 21.8. The van der Waals surface area contributed by atoms with Crippen LogP contribution in [0.25, 0.3) is 10.6 Å². The summed E-state index contributed by atoms with van der Waals surface area (Å²) < 4.78 is 0. The highest BCUT2D eigenvalue weighted by molar-refractivity contribution is 7.13. The van der Waals surface area contributed by atoms with Crippen molar-refractivity contribution in [2.45, 2.75) is 32.6 Å². The van der Waals surface area contributed by atoms with Gasteiger partial charge in [-0.25, -0.2) is 4.98 Å². The van der Waals surface area contributed by atoms with E-state index in [2.05, 4.69) is 48.4 Å². The molecule has 0 unspecified atom stereocenters. The summed E-state index contributed by atoms with van der Waals surface area (Å²) in [5.74, 6) is 0.386. The number of benzene rings is 2. The molecular formula is C25H27N3O2S. The fraction of sp³-hybridized carbons (Fsp3) is 0.320. The minimum atomic E-state index is -0.0743. The molecule has 1 aliphatic rings. The Balaban J connectivity index is 1.34. The van der Waals surface area contributed by atoms with Crippen LogP contribution in [0.3, 0.4) is 0 Å². The molecule has 2 aromatic carbocycles. The quantitative estimate of drug-likeness (QED) is 0.584. The Labute approximate surface area is 187 Å². The third kappa shape index (κ3) is 5.02. The van der Waals surface area contributed by atoms with Gasteiger partial charge in [0.15, 0.2) is 0 Å². The standard InChI is InChI=1S/C25H27N3O2S/c1-17(2)18-8-10-20(11-9-18)24-27-22(16-31-24)25(30)28-14-12-19(13-15-28)23(29)26-21-6-4-3-5-7-21/h3-11,16-17,19H,12-15H2,1-2H3,(H,26,29). The maximum atomic E-state index is 12.9. The van der Waals surface area contributed by atoms with Crippen molar-refractivity contribution in [1.29, 1.82) is 0 Å². The summed E-state index contributed by atoms with van der Waals surface area (Å²) in [5.41, 5.74) is 3.61. The van der Waals surface area contributed by atoms with Crippen LogP contribution >= 0.6 is 11.3 Å². The van der Waals surface area contributed by atoms with Crippen molar-refractivity contribution in [2.24, 2.45) is 5.92 Å². The summed E-state index contributed by atoms with van der Waals surface area (Å²) in [4.78, 5) is 31.8. The molecule has 0 bridgehead atoms. The SMILES string of the molecule is CC(C)c1ccc(-c2nc(C(=O)N3CCC(C(=O)Nc4ccccc4)CC3)cs2)cc1. The van der Waals surface area contributed by atoms with Crippen LogP contribution in [0.4, 0.5) is 5.69 Å². The smallest absolute Gasteiger partial charge is 0.273 e. The van der Waals surface area contributed by atoms with Crippen LogP contribution in [0, 0.1) is 5.92 Å². The highest BCUT2D eigenvalue weighted by Gasteiger charge is 2.29. The number of carbonyl (C=O) groups excluding carboxylic acids is 2. The first-order chi connectivity index (χ1) is 15.0. The number of likely N-dealkylation sites (tertiary alicyclic amines) is 1. The first-order valence-corrected chi connectivity index (χ1v) is 11.6. The molecule has 31 heavy (non-hydrogen) atoms. The van der Waals surface area contributed by atoms with Crippen molar-refractivity contribution in [3.8, 4) is 10.6 Å². The molecule has 2 amide bonds. The molecule has 4 rings (SSSR count). The van der Waals surface area contributed by atoms with Crippen LogP contribution in [0.1, 0.15) is 48.7 Å². The number of nitrogens with one attached hydrogen (secondary N) is 1. The van der Waals surface area contributed by atoms with Gasteiger partial charge in [0.25, 0.3) is 5.91 Å². The van der Waals surface area contributed by atoms with Gasteiger partial charge in [-0.3, -0.25) is 9.59 Å². The Kier molecular flexibility index (Phi) is 6.47. The molecule has 0 saturated carbocycles. The van der Waals surface area contributed by atoms with E-state index in [4.69, 9.17) is 0 Å². The molecule has 1 N–H and O–H groups in total. The van der Waals surface area contributed by atoms with E-state index in [0.29, 0.717) is 37.5 Å². The fourth-order valence-corrected chi connectivity index (χ4v) is 4.59. The zero-order valence-electron chi connectivity index (χ0n) is 17.9. The minimum Gasteiger partial charge on any atom is -0.337 e. The number of piperidine rings is 1. The lowest BCUT2D eigenvalue weighted by Crippen LogP contribution is -2.41. The molecule has 1 fully saturated rings. The third-order valence-electron chi connectivity index (χ3n) is 5.74. The van der Waals surface area contributed by atoms with Crippen LogP contribution in [0.15, 0.2) is 60.0 Å². The number of para-hydroxylation sites is 1. The molecule has 2 heterocycles. The zero-order valence-corrected chi connectivity index (χ0v) is 18.7. The van der Waals surface area contributed by atoms with Crippen LogP contribution < -0.4 is 5.32 Å². The van der Waals surface area contributed by atoms with Gasteiger partial charge in [-0.15, -0.1) is 11.3 Å². The van der Waals surface area contributed by atoms with Crippen LogP contribution in [0.5, 0.6) is 0 Å². The van der Waals surface area contributed by atoms with E-state index in [1.54, 1.807) is 0 Å². The van der Waals surface area contributed by atoms with E-state index in [-0.39, 0.29) is 17.7 Å². The molecule has 0 atom stereocenters. The molecule has 1 saturated heterocycles. The van der Waals surface area contributed by atoms with E-state index in [0.717, 1.165) is 16.3 Å². The van der Waals surface area contributed by atoms with E-state index in [9.17, 15) is 9.59 Å². The van der Waals surface area contributed by atoms with Gasteiger partial charge < -0.3 is 10.2 Å². The Bertz CT molecular complexity index is 1040. The number of amides is 2. The number of thiazole rings is 1. The van der Waals surface area contributed by atoms with Crippen LogP contribution in [-0.4, -0.2) is 34.8 Å². The van der Waals surface area contributed by atoms with Crippen molar-refractivity contribution in [3.63, 3.8) is 0 Å². The molecule has 1 aromatic heterocycles. The van der Waals surface area contributed by atoms with Crippen LogP contribution in [-0.2, 0) is 4.79 Å². The lowest BCUT2D eigenvalue weighted by molar-refractivity contribution is -0.121. The van der Waals surface area contributed by atoms with Gasteiger partial charge in [-0.2, -0.15) is 0 Å². The molecule has 0 spiro atoms. The number of aromatic nitrogens is 1. The summed E-state index contributed by atoms with van der Waals surface area (Å²) >= 11 is 1.49. The number of hydrogen-bond acceptors (Lipinski definition) is 4. The average Bonchev–Trinajstić information content (AvgIpc) is 3.30. The van der Waals surface area contributed by atoms with Gasteiger partial charge in [0, 0.05) is 35.6 Å². The number of carbonyl (C=O) groups is 2. The van der Waals surface area contributed by atoms with E-state index >= 15 is 0 Å². The topological polar surface area (TPSA) is 62.3 Å². The average molecular weight is 434 g/mol. The Morgan fingerprint density at radius 3 is 2.35 bits per heavy atom. The second kappa shape index (κ2) is 9.43. The first kappa shape index (κ1) is 21.2.